The van der Waals surface area contributed by atoms with Crippen LogP contribution in [0.4, 0.5) is 10.1 Å². The topological polar surface area (TPSA) is 23.8 Å². The summed E-state index contributed by atoms with van der Waals surface area (Å²) in [5.41, 5.74) is 7.07. The Morgan fingerprint density at radius 1 is 1.20 bits per heavy atom. The molecule has 0 spiro atoms. The van der Waals surface area contributed by atoms with E-state index in [1.807, 2.05) is 0 Å². The van der Waals surface area contributed by atoms with Crippen LogP contribution in [0.3, 0.4) is 0 Å². The van der Waals surface area contributed by atoms with Gasteiger partial charge in [0.1, 0.15) is 5.82 Å². The highest BCUT2D eigenvalue weighted by molar-refractivity contribution is 6.38. The van der Waals surface area contributed by atoms with Crippen LogP contribution in [0.1, 0.15) is 0 Å². The van der Waals surface area contributed by atoms with E-state index < -0.39 is 5.82 Å². The van der Waals surface area contributed by atoms with Crippen molar-refractivity contribution in [2.75, 3.05) is 0 Å². The molecule has 0 saturated carbocycles. The lowest BCUT2D eigenvalue weighted by Gasteiger charge is -1.97. The molecule has 0 aliphatic heterocycles. The van der Waals surface area contributed by atoms with E-state index in [0.29, 0.717) is 0 Å². The highest BCUT2D eigenvalue weighted by Crippen LogP contribution is 2.29. The molecule has 1 rings (SSSR count). The average molecular weight is 179 g/mol. The number of hydrogen-bond donors (Lipinski definition) is 0. The fourth-order valence-electron chi connectivity index (χ4n) is 0.542. The molecule has 1 aromatic rings. The summed E-state index contributed by atoms with van der Waals surface area (Å²) < 4.78 is 12.4. The lowest BCUT2D eigenvalue weighted by Crippen LogP contribution is -1.78. The number of hydrogen-bond acceptors (Lipinski definition) is 0. The summed E-state index contributed by atoms with van der Waals surface area (Å²) in [5, 5.41) is 0.0648. The van der Waals surface area contributed by atoms with E-state index in [9.17, 15) is 4.39 Å². The molecule has 0 bridgehead atoms. The molecule has 0 amide bonds. The van der Waals surface area contributed by atoms with Crippen molar-refractivity contribution < 1.29 is 4.39 Å². The first-order valence-corrected chi connectivity index (χ1v) is 3.23. The van der Waals surface area contributed by atoms with Gasteiger partial charge in [-0.05, 0) is 12.1 Å². The number of nitrogens with one attached hydrogen (secondary N) is 1. The maximum atomic E-state index is 12.4. The maximum absolute atomic E-state index is 12.4. The Hall–Kier alpha value is -0.470. The molecule has 0 fully saturated rings. The van der Waals surface area contributed by atoms with E-state index in [0.717, 1.165) is 12.1 Å². The Morgan fingerprint density at radius 3 is 2.00 bits per heavy atom. The molecule has 0 unspecified atom stereocenters. The summed E-state index contributed by atoms with van der Waals surface area (Å²) in [6, 6.07) is 2.10. The van der Waals surface area contributed by atoms with E-state index in [1.165, 1.54) is 0 Å². The monoisotopic (exact) mass is 178 g/mol. The number of rotatable bonds is 0. The molecular formula is C6H3Cl2FN. The molecule has 1 aromatic carbocycles. The lowest BCUT2D eigenvalue weighted by molar-refractivity contribution is 0.628. The van der Waals surface area contributed by atoms with Crippen molar-refractivity contribution in [3.05, 3.63) is 28.0 Å². The van der Waals surface area contributed by atoms with E-state index in [1.54, 1.807) is 0 Å². The summed E-state index contributed by atoms with van der Waals surface area (Å²) in [5.74, 6) is -0.522. The number of benzene rings is 1. The Balaban J connectivity index is 3.31. The minimum Gasteiger partial charge on any atom is -0.298 e. The van der Waals surface area contributed by atoms with E-state index in [4.69, 9.17) is 28.9 Å². The van der Waals surface area contributed by atoms with Gasteiger partial charge in [-0.1, -0.05) is 23.2 Å². The minimum atomic E-state index is -0.522. The minimum absolute atomic E-state index is 0.0324. The van der Waals surface area contributed by atoms with Crippen molar-refractivity contribution >= 4 is 28.9 Å². The summed E-state index contributed by atoms with van der Waals surface area (Å²) in [4.78, 5) is 0. The third-order valence-electron chi connectivity index (χ3n) is 1.01. The molecule has 0 aliphatic rings. The van der Waals surface area contributed by atoms with Gasteiger partial charge in [0.15, 0.2) is 0 Å². The zero-order valence-electron chi connectivity index (χ0n) is 4.79. The van der Waals surface area contributed by atoms with Gasteiger partial charge in [0.05, 0.1) is 15.7 Å². The second-order valence-electron chi connectivity index (χ2n) is 1.74. The van der Waals surface area contributed by atoms with Crippen LogP contribution in [0.15, 0.2) is 12.1 Å². The predicted molar refractivity (Wildman–Crippen MR) is 39.2 cm³/mol. The van der Waals surface area contributed by atoms with E-state index in [2.05, 4.69) is 0 Å². The fraction of sp³-hybridized carbons (Fsp3) is 0. The smallest absolute Gasteiger partial charge is 0.126 e. The summed E-state index contributed by atoms with van der Waals surface area (Å²) in [6.45, 7) is 0. The molecule has 0 aliphatic carbocycles. The molecule has 4 heteroatoms. The van der Waals surface area contributed by atoms with Crippen LogP contribution in [0.5, 0.6) is 0 Å². The third kappa shape index (κ3) is 1.33. The van der Waals surface area contributed by atoms with Crippen molar-refractivity contribution in [2.45, 2.75) is 0 Å². The van der Waals surface area contributed by atoms with Gasteiger partial charge in [-0.25, -0.2) is 4.39 Å². The van der Waals surface area contributed by atoms with Crippen molar-refractivity contribution in [3.8, 4) is 0 Å². The average Bonchev–Trinajstić information content (AvgIpc) is 1.82. The molecule has 0 aromatic heterocycles. The molecule has 0 atom stereocenters. The Kier molecular flexibility index (Phi) is 2.02. The van der Waals surface area contributed by atoms with Gasteiger partial charge in [-0.15, -0.1) is 0 Å². The first-order chi connectivity index (χ1) is 4.61. The van der Waals surface area contributed by atoms with Gasteiger partial charge >= 0.3 is 0 Å². The largest absolute Gasteiger partial charge is 0.298 e. The Bertz CT molecular complexity index is 239. The standard InChI is InChI=1S/C6H3Cl2FN/c7-4-1-3(9)2-5(8)6(4)10/h1-2,10H. The first-order valence-electron chi connectivity index (χ1n) is 2.47. The van der Waals surface area contributed by atoms with Gasteiger partial charge < -0.3 is 0 Å². The van der Waals surface area contributed by atoms with Gasteiger partial charge in [0.2, 0.25) is 0 Å². The lowest BCUT2D eigenvalue weighted by atomic mass is 10.3. The van der Waals surface area contributed by atoms with Crippen LogP contribution < -0.4 is 5.73 Å². The van der Waals surface area contributed by atoms with Gasteiger partial charge in [0, 0.05) is 0 Å². The van der Waals surface area contributed by atoms with Crippen LogP contribution in [-0.4, -0.2) is 0 Å². The SMILES string of the molecule is [NH]c1c(Cl)cc(F)cc1Cl. The van der Waals surface area contributed by atoms with Crippen LogP contribution in [-0.2, 0) is 0 Å². The summed E-state index contributed by atoms with van der Waals surface area (Å²) in [7, 11) is 0. The van der Waals surface area contributed by atoms with Gasteiger partial charge in [0.25, 0.3) is 0 Å². The number of halogens is 3. The van der Waals surface area contributed by atoms with Crippen molar-refractivity contribution in [1.29, 1.82) is 0 Å². The summed E-state index contributed by atoms with van der Waals surface area (Å²) >= 11 is 10.8. The molecular weight excluding hydrogens is 176 g/mol. The highest BCUT2D eigenvalue weighted by Gasteiger charge is 2.03. The third-order valence-corrected chi connectivity index (χ3v) is 1.60. The van der Waals surface area contributed by atoms with Gasteiger partial charge in [-0.3, -0.25) is 5.73 Å². The van der Waals surface area contributed by atoms with Crippen molar-refractivity contribution in [3.63, 3.8) is 0 Å². The zero-order valence-corrected chi connectivity index (χ0v) is 6.30. The molecule has 1 nitrogen and oxygen atoms in total. The molecule has 0 heterocycles. The Labute approximate surface area is 67.5 Å². The van der Waals surface area contributed by atoms with Crippen LogP contribution in [0, 0.1) is 5.82 Å². The maximum Gasteiger partial charge on any atom is 0.126 e. The van der Waals surface area contributed by atoms with Crippen LogP contribution in [0.25, 0.3) is 0 Å². The van der Waals surface area contributed by atoms with E-state index >= 15 is 0 Å². The predicted octanol–water partition coefficient (Wildman–Crippen LogP) is 3.05. The first kappa shape index (κ1) is 7.63. The highest BCUT2D eigenvalue weighted by atomic mass is 35.5. The quantitative estimate of drug-likeness (QED) is 0.584. The fourth-order valence-corrected chi connectivity index (χ4v) is 1.00. The Morgan fingerprint density at radius 2 is 1.60 bits per heavy atom. The van der Waals surface area contributed by atoms with Crippen molar-refractivity contribution in [1.82, 2.24) is 5.73 Å². The van der Waals surface area contributed by atoms with Crippen molar-refractivity contribution in [2.24, 2.45) is 0 Å². The second-order valence-corrected chi connectivity index (χ2v) is 2.56. The van der Waals surface area contributed by atoms with Gasteiger partial charge in [-0.2, -0.15) is 0 Å². The normalized spacial score (nSPS) is 9.90. The molecule has 1 N–H and O–H groups in total. The molecule has 0 saturated heterocycles. The molecule has 1 radical (unpaired) electrons. The zero-order chi connectivity index (χ0) is 7.72. The van der Waals surface area contributed by atoms with E-state index in [-0.39, 0.29) is 15.7 Å². The molecule has 10 heavy (non-hydrogen) atoms. The van der Waals surface area contributed by atoms with Crippen LogP contribution >= 0.6 is 23.2 Å². The second kappa shape index (κ2) is 2.64. The van der Waals surface area contributed by atoms with Crippen LogP contribution in [0.2, 0.25) is 10.0 Å². The summed E-state index contributed by atoms with van der Waals surface area (Å²) in [6.07, 6.45) is 0. The molecule has 53 valence electrons.